The van der Waals surface area contributed by atoms with Gasteiger partial charge in [-0.2, -0.15) is 0 Å². The molecule has 0 radical (unpaired) electrons. The second kappa shape index (κ2) is 5.23. The Morgan fingerprint density at radius 3 is 2.88 bits per heavy atom. The van der Waals surface area contributed by atoms with Crippen LogP contribution in [0.15, 0.2) is 18.3 Å². The summed E-state index contributed by atoms with van der Waals surface area (Å²) in [7, 11) is 1.68. The number of nitrogens with zero attached hydrogens (tertiary/aromatic N) is 1. The molecule has 0 aromatic carbocycles. The molecule has 3 N–H and O–H groups in total. The van der Waals surface area contributed by atoms with E-state index in [1.807, 2.05) is 19.9 Å². The van der Waals surface area contributed by atoms with Crippen LogP contribution in [0.3, 0.4) is 0 Å². The number of hydrogen-bond acceptors (Lipinski definition) is 4. The van der Waals surface area contributed by atoms with E-state index in [1.54, 1.807) is 19.4 Å². The van der Waals surface area contributed by atoms with E-state index in [0.717, 1.165) is 5.56 Å². The van der Waals surface area contributed by atoms with E-state index in [2.05, 4.69) is 10.3 Å². The van der Waals surface area contributed by atoms with Gasteiger partial charge in [0.2, 0.25) is 0 Å². The molecule has 0 aliphatic rings. The molecule has 1 aromatic rings. The van der Waals surface area contributed by atoms with Crippen LogP contribution in [0.5, 0.6) is 0 Å². The lowest BCUT2D eigenvalue weighted by Gasteiger charge is -2.24. The molecule has 0 bridgehead atoms. The number of nitrogens with one attached hydrogen (secondary N) is 1. The fraction of sp³-hybridized carbons (Fsp3) is 0.455. The lowest BCUT2D eigenvalue weighted by molar-refractivity contribution is 0.0343. The van der Waals surface area contributed by atoms with Gasteiger partial charge in [0.1, 0.15) is 10.8 Å². The van der Waals surface area contributed by atoms with Crippen molar-refractivity contribution < 1.29 is 4.74 Å². The van der Waals surface area contributed by atoms with Gasteiger partial charge in [-0.3, -0.25) is 0 Å². The second-order valence-corrected chi connectivity index (χ2v) is 4.52. The first-order valence-corrected chi connectivity index (χ1v) is 5.41. The third-order valence-corrected chi connectivity index (χ3v) is 2.53. The van der Waals surface area contributed by atoms with Crippen LogP contribution in [0.25, 0.3) is 0 Å². The zero-order chi connectivity index (χ0) is 12.2. The van der Waals surface area contributed by atoms with Crippen LogP contribution >= 0.6 is 12.2 Å². The van der Waals surface area contributed by atoms with Gasteiger partial charge in [0.05, 0.1) is 11.2 Å². The maximum Gasteiger partial charge on any atom is 0.136 e. The van der Waals surface area contributed by atoms with Crippen LogP contribution < -0.4 is 11.1 Å². The maximum absolute atomic E-state index is 5.61. The Hall–Kier alpha value is -1.20. The number of thiocarbonyl (C=S) groups is 1. The molecule has 0 saturated carbocycles. The minimum absolute atomic E-state index is 0.259. The van der Waals surface area contributed by atoms with Crippen LogP contribution in [0.4, 0.5) is 5.82 Å². The zero-order valence-corrected chi connectivity index (χ0v) is 10.6. The molecule has 0 amide bonds. The topological polar surface area (TPSA) is 60.2 Å². The molecule has 16 heavy (non-hydrogen) atoms. The molecule has 0 aliphatic carbocycles. The van der Waals surface area contributed by atoms with Gasteiger partial charge in [-0.25, -0.2) is 4.98 Å². The molecule has 88 valence electrons. The molecule has 1 rings (SSSR count). The van der Waals surface area contributed by atoms with Gasteiger partial charge in [0.15, 0.2) is 0 Å². The highest BCUT2D eigenvalue weighted by atomic mass is 32.1. The van der Waals surface area contributed by atoms with E-state index in [1.165, 1.54) is 0 Å². The standard InChI is InChI=1S/C11H17N3OS/c1-11(2,15-3)7-14-10-8(9(12)16)5-4-6-13-10/h4-6H,7H2,1-3H3,(H2,12,16)(H,13,14). The van der Waals surface area contributed by atoms with Crippen molar-refractivity contribution in [1.29, 1.82) is 0 Å². The molecule has 0 saturated heterocycles. The lowest BCUT2D eigenvalue weighted by Crippen LogP contribution is -2.32. The summed E-state index contributed by atoms with van der Waals surface area (Å²) < 4.78 is 5.31. The van der Waals surface area contributed by atoms with Crippen molar-refractivity contribution in [3.63, 3.8) is 0 Å². The molecule has 5 heteroatoms. The SMILES string of the molecule is COC(C)(C)CNc1ncccc1C(N)=S. The molecule has 0 fully saturated rings. The number of anilines is 1. The van der Waals surface area contributed by atoms with Crippen LogP contribution in [-0.2, 0) is 4.74 Å². The number of rotatable bonds is 5. The predicted octanol–water partition coefficient (Wildman–Crippen LogP) is 1.55. The second-order valence-electron chi connectivity index (χ2n) is 4.08. The monoisotopic (exact) mass is 239 g/mol. The summed E-state index contributed by atoms with van der Waals surface area (Å²) in [5.74, 6) is 0.695. The van der Waals surface area contributed by atoms with E-state index in [0.29, 0.717) is 17.4 Å². The number of aromatic nitrogens is 1. The quantitative estimate of drug-likeness (QED) is 0.763. The molecule has 0 unspecified atom stereocenters. The number of pyridine rings is 1. The van der Waals surface area contributed by atoms with Gasteiger partial charge in [-0.1, -0.05) is 12.2 Å². The minimum Gasteiger partial charge on any atom is -0.389 e. The number of ether oxygens (including phenoxy) is 1. The van der Waals surface area contributed by atoms with E-state index in [-0.39, 0.29) is 5.60 Å². The Bertz CT molecular complexity index is 379. The van der Waals surface area contributed by atoms with Gasteiger partial charge in [-0.15, -0.1) is 0 Å². The summed E-state index contributed by atoms with van der Waals surface area (Å²) in [5, 5.41) is 3.18. The summed E-state index contributed by atoms with van der Waals surface area (Å²) in [6, 6.07) is 3.65. The summed E-state index contributed by atoms with van der Waals surface area (Å²) in [4.78, 5) is 4.54. The van der Waals surface area contributed by atoms with Crippen molar-refractivity contribution >= 4 is 23.0 Å². The molecular weight excluding hydrogens is 222 g/mol. The summed E-state index contributed by atoms with van der Waals surface area (Å²) in [6.45, 7) is 4.61. The third kappa shape index (κ3) is 3.43. The van der Waals surface area contributed by atoms with Crippen molar-refractivity contribution in [2.24, 2.45) is 5.73 Å². The summed E-state index contributed by atoms with van der Waals surface area (Å²) in [5.41, 5.74) is 6.10. The van der Waals surface area contributed by atoms with Gasteiger partial charge in [-0.05, 0) is 26.0 Å². The molecule has 0 atom stereocenters. The Labute approximate surface area is 101 Å². The third-order valence-electron chi connectivity index (χ3n) is 2.31. The first-order valence-electron chi connectivity index (χ1n) is 5.00. The van der Waals surface area contributed by atoms with Gasteiger partial charge >= 0.3 is 0 Å². The molecule has 4 nitrogen and oxygen atoms in total. The largest absolute Gasteiger partial charge is 0.389 e. The fourth-order valence-electron chi connectivity index (χ4n) is 1.11. The van der Waals surface area contributed by atoms with Crippen molar-refractivity contribution in [2.75, 3.05) is 19.0 Å². The molecule has 1 aromatic heterocycles. The van der Waals surface area contributed by atoms with Crippen molar-refractivity contribution in [2.45, 2.75) is 19.4 Å². The predicted molar refractivity (Wildman–Crippen MR) is 69.7 cm³/mol. The van der Waals surface area contributed by atoms with Gasteiger partial charge in [0.25, 0.3) is 0 Å². The highest BCUT2D eigenvalue weighted by Crippen LogP contribution is 2.14. The minimum atomic E-state index is -0.259. The first kappa shape index (κ1) is 12.9. The molecular formula is C11H17N3OS. The highest BCUT2D eigenvalue weighted by molar-refractivity contribution is 7.80. The van der Waals surface area contributed by atoms with Crippen molar-refractivity contribution in [3.05, 3.63) is 23.9 Å². The average molecular weight is 239 g/mol. The smallest absolute Gasteiger partial charge is 0.136 e. The zero-order valence-electron chi connectivity index (χ0n) is 9.78. The van der Waals surface area contributed by atoms with E-state index < -0.39 is 0 Å². The average Bonchev–Trinajstić information content (AvgIpc) is 2.27. The Kier molecular flexibility index (Phi) is 4.20. The van der Waals surface area contributed by atoms with Crippen LogP contribution in [0.2, 0.25) is 0 Å². The van der Waals surface area contributed by atoms with Crippen LogP contribution in [-0.4, -0.2) is 29.2 Å². The number of hydrogen-bond donors (Lipinski definition) is 2. The molecule has 1 heterocycles. The van der Waals surface area contributed by atoms with Crippen LogP contribution in [0, 0.1) is 0 Å². The normalized spacial score (nSPS) is 11.2. The lowest BCUT2D eigenvalue weighted by atomic mass is 10.1. The van der Waals surface area contributed by atoms with Crippen molar-refractivity contribution in [3.8, 4) is 0 Å². The number of nitrogens with two attached hydrogens (primary N) is 1. The van der Waals surface area contributed by atoms with E-state index in [4.69, 9.17) is 22.7 Å². The molecule has 0 spiro atoms. The molecule has 0 aliphatic heterocycles. The highest BCUT2D eigenvalue weighted by Gasteiger charge is 2.17. The Morgan fingerprint density at radius 2 is 2.31 bits per heavy atom. The van der Waals surface area contributed by atoms with E-state index in [9.17, 15) is 0 Å². The number of methoxy groups -OCH3 is 1. The first-order chi connectivity index (χ1) is 7.46. The summed E-state index contributed by atoms with van der Waals surface area (Å²) >= 11 is 4.95. The summed E-state index contributed by atoms with van der Waals surface area (Å²) in [6.07, 6.45) is 1.70. The fourth-order valence-corrected chi connectivity index (χ4v) is 1.28. The van der Waals surface area contributed by atoms with Gasteiger partial charge in [0, 0.05) is 19.9 Å². The Morgan fingerprint density at radius 1 is 1.62 bits per heavy atom. The van der Waals surface area contributed by atoms with Gasteiger partial charge < -0.3 is 15.8 Å². The van der Waals surface area contributed by atoms with Crippen molar-refractivity contribution in [1.82, 2.24) is 4.98 Å². The maximum atomic E-state index is 5.61. The van der Waals surface area contributed by atoms with E-state index >= 15 is 0 Å². The van der Waals surface area contributed by atoms with Crippen LogP contribution in [0.1, 0.15) is 19.4 Å². The Balaban J connectivity index is 2.78.